The molecule has 0 aromatic carbocycles. The Morgan fingerprint density at radius 1 is 1.62 bits per heavy atom. The number of nitrogens with two attached hydrogens (primary N) is 1. The van der Waals surface area contributed by atoms with Crippen LogP contribution in [-0.2, 0) is 0 Å². The molecule has 0 radical (unpaired) electrons. The standard InChI is InChI=1S/C10H15N3/c1-10(2)6-8(10)13-7-3-4-12-9(11)5-7/h3-5,8H,6H2,1-2H3,(H3,11,12,13). The summed E-state index contributed by atoms with van der Waals surface area (Å²) in [5.41, 5.74) is 7.09. The van der Waals surface area contributed by atoms with E-state index in [0.29, 0.717) is 17.3 Å². The van der Waals surface area contributed by atoms with E-state index >= 15 is 0 Å². The molecule has 0 aliphatic heterocycles. The van der Waals surface area contributed by atoms with E-state index in [1.165, 1.54) is 6.42 Å². The van der Waals surface area contributed by atoms with Gasteiger partial charge in [-0.25, -0.2) is 4.98 Å². The van der Waals surface area contributed by atoms with Crippen LogP contribution in [0.1, 0.15) is 20.3 Å². The second-order valence-corrected chi connectivity index (χ2v) is 4.36. The van der Waals surface area contributed by atoms with Crippen LogP contribution in [0.2, 0.25) is 0 Å². The molecule has 1 heterocycles. The number of nitrogen functional groups attached to an aromatic ring is 1. The summed E-state index contributed by atoms with van der Waals surface area (Å²) >= 11 is 0. The average Bonchev–Trinajstić information content (AvgIpc) is 2.58. The second-order valence-electron chi connectivity index (χ2n) is 4.36. The van der Waals surface area contributed by atoms with Gasteiger partial charge in [0.15, 0.2) is 0 Å². The van der Waals surface area contributed by atoms with Crippen LogP contribution in [-0.4, -0.2) is 11.0 Å². The van der Waals surface area contributed by atoms with E-state index < -0.39 is 0 Å². The zero-order chi connectivity index (χ0) is 9.47. The zero-order valence-electron chi connectivity index (χ0n) is 8.04. The molecule has 2 rings (SSSR count). The van der Waals surface area contributed by atoms with Gasteiger partial charge in [-0.2, -0.15) is 0 Å². The van der Waals surface area contributed by atoms with Crippen molar-refractivity contribution in [2.45, 2.75) is 26.3 Å². The van der Waals surface area contributed by atoms with E-state index in [-0.39, 0.29) is 0 Å². The molecule has 3 heteroatoms. The second kappa shape index (κ2) is 2.62. The summed E-state index contributed by atoms with van der Waals surface area (Å²) in [6.07, 6.45) is 2.96. The fourth-order valence-electron chi connectivity index (χ4n) is 1.45. The van der Waals surface area contributed by atoms with Crippen molar-refractivity contribution in [3.05, 3.63) is 18.3 Å². The van der Waals surface area contributed by atoms with E-state index in [0.717, 1.165) is 5.69 Å². The van der Waals surface area contributed by atoms with Crippen molar-refractivity contribution in [1.82, 2.24) is 4.98 Å². The van der Waals surface area contributed by atoms with Gasteiger partial charge in [-0.3, -0.25) is 0 Å². The van der Waals surface area contributed by atoms with Gasteiger partial charge in [0.05, 0.1) is 0 Å². The van der Waals surface area contributed by atoms with Crippen LogP contribution in [0.15, 0.2) is 18.3 Å². The Labute approximate surface area is 78.4 Å². The van der Waals surface area contributed by atoms with Gasteiger partial charge in [0.2, 0.25) is 0 Å². The first-order chi connectivity index (χ1) is 6.08. The molecule has 0 saturated heterocycles. The predicted molar refractivity (Wildman–Crippen MR) is 54.5 cm³/mol. The van der Waals surface area contributed by atoms with Crippen molar-refractivity contribution in [2.75, 3.05) is 11.1 Å². The molecular formula is C10H15N3. The van der Waals surface area contributed by atoms with Crippen LogP contribution in [0, 0.1) is 5.41 Å². The summed E-state index contributed by atoms with van der Waals surface area (Å²) in [5, 5.41) is 3.43. The molecule has 1 aliphatic carbocycles. The Morgan fingerprint density at radius 3 is 2.85 bits per heavy atom. The highest BCUT2D eigenvalue weighted by atomic mass is 15.0. The Bertz CT molecular complexity index is 320. The number of rotatable bonds is 2. The summed E-state index contributed by atoms with van der Waals surface area (Å²) in [6, 6.07) is 4.41. The number of anilines is 2. The highest BCUT2D eigenvalue weighted by Crippen LogP contribution is 2.46. The van der Waals surface area contributed by atoms with Crippen LogP contribution < -0.4 is 11.1 Å². The molecule has 13 heavy (non-hydrogen) atoms. The van der Waals surface area contributed by atoms with Gasteiger partial charge in [-0.05, 0) is 17.9 Å². The molecular weight excluding hydrogens is 162 g/mol. The van der Waals surface area contributed by atoms with Crippen LogP contribution in [0.25, 0.3) is 0 Å². The maximum atomic E-state index is 5.57. The van der Waals surface area contributed by atoms with Crippen LogP contribution in [0.5, 0.6) is 0 Å². The summed E-state index contributed by atoms with van der Waals surface area (Å²) in [4.78, 5) is 3.94. The minimum atomic E-state index is 0.442. The minimum Gasteiger partial charge on any atom is -0.384 e. The van der Waals surface area contributed by atoms with Crippen LogP contribution in [0.3, 0.4) is 0 Å². The number of pyridine rings is 1. The van der Waals surface area contributed by atoms with Crippen molar-refractivity contribution in [2.24, 2.45) is 5.41 Å². The Kier molecular flexibility index (Phi) is 1.68. The molecule has 3 nitrogen and oxygen atoms in total. The van der Waals surface area contributed by atoms with Crippen LogP contribution >= 0.6 is 0 Å². The fraction of sp³-hybridized carbons (Fsp3) is 0.500. The maximum absolute atomic E-state index is 5.57. The lowest BCUT2D eigenvalue weighted by atomic mass is 10.2. The molecule has 0 spiro atoms. The number of hydrogen-bond donors (Lipinski definition) is 2. The molecule has 1 unspecified atom stereocenters. The minimum absolute atomic E-state index is 0.442. The lowest BCUT2D eigenvalue weighted by Crippen LogP contribution is -2.08. The van der Waals surface area contributed by atoms with Crippen molar-refractivity contribution >= 4 is 11.5 Å². The topological polar surface area (TPSA) is 50.9 Å². The first-order valence-corrected chi connectivity index (χ1v) is 4.56. The average molecular weight is 177 g/mol. The molecule has 1 aliphatic rings. The van der Waals surface area contributed by atoms with E-state index in [4.69, 9.17) is 5.73 Å². The van der Waals surface area contributed by atoms with Gasteiger partial charge in [-0.15, -0.1) is 0 Å². The van der Waals surface area contributed by atoms with Crippen molar-refractivity contribution in [3.63, 3.8) is 0 Å². The van der Waals surface area contributed by atoms with Crippen molar-refractivity contribution in [3.8, 4) is 0 Å². The van der Waals surface area contributed by atoms with Gasteiger partial charge in [-0.1, -0.05) is 13.8 Å². The third-order valence-corrected chi connectivity index (χ3v) is 2.64. The van der Waals surface area contributed by atoms with Gasteiger partial charge in [0.25, 0.3) is 0 Å². The predicted octanol–water partition coefficient (Wildman–Crippen LogP) is 1.87. The number of nitrogens with one attached hydrogen (secondary N) is 1. The lowest BCUT2D eigenvalue weighted by Gasteiger charge is -2.07. The number of nitrogens with zero attached hydrogens (tertiary/aromatic N) is 1. The largest absolute Gasteiger partial charge is 0.384 e. The highest BCUT2D eigenvalue weighted by molar-refractivity contribution is 5.51. The fourth-order valence-corrected chi connectivity index (χ4v) is 1.45. The van der Waals surface area contributed by atoms with E-state index in [2.05, 4.69) is 24.1 Å². The van der Waals surface area contributed by atoms with E-state index in [1.54, 1.807) is 6.20 Å². The van der Waals surface area contributed by atoms with Crippen molar-refractivity contribution < 1.29 is 0 Å². The molecule has 1 aromatic rings. The number of hydrogen-bond acceptors (Lipinski definition) is 3. The third-order valence-electron chi connectivity index (χ3n) is 2.64. The molecule has 1 atom stereocenters. The first kappa shape index (κ1) is 8.35. The monoisotopic (exact) mass is 177 g/mol. The summed E-state index contributed by atoms with van der Waals surface area (Å²) in [7, 11) is 0. The lowest BCUT2D eigenvalue weighted by molar-refractivity contribution is 0.630. The Hall–Kier alpha value is -1.25. The molecule has 1 saturated carbocycles. The van der Waals surface area contributed by atoms with E-state index in [1.807, 2.05) is 12.1 Å². The van der Waals surface area contributed by atoms with Crippen molar-refractivity contribution in [1.29, 1.82) is 0 Å². The normalized spacial score (nSPS) is 24.0. The third kappa shape index (κ3) is 1.74. The smallest absolute Gasteiger partial charge is 0.125 e. The SMILES string of the molecule is CC1(C)CC1Nc1ccnc(N)c1. The quantitative estimate of drug-likeness (QED) is 0.725. The molecule has 3 N–H and O–H groups in total. The molecule has 1 fully saturated rings. The van der Waals surface area contributed by atoms with Crippen LogP contribution in [0.4, 0.5) is 11.5 Å². The number of aromatic nitrogens is 1. The molecule has 0 amide bonds. The summed E-state index contributed by atoms with van der Waals surface area (Å²) in [5.74, 6) is 0.573. The zero-order valence-corrected chi connectivity index (χ0v) is 8.04. The highest BCUT2D eigenvalue weighted by Gasteiger charge is 2.45. The summed E-state index contributed by atoms with van der Waals surface area (Å²) in [6.45, 7) is 4.52. The molecule has 1 aromatic heterocycles. The Morgan fingerprint density at radius 2 is 2.31 bits per heavy atom. The first-order valence-electron chi connectivity index (χ1n) is 4.56. The van der Waals surface area contributed by atoms with E-state index in [9.17, 15) is 0 Å². The Balaban J connectivity index is 2.03. The maximum Gasteiger partial charge on any atom is 0.125 e. The van der Waals surface area contributed by atoms with Gasteiger partial charge >= 0.3 is 0 Å². The molecule has 0 bridgehead atoms. The molecule has 70 valence electrons. The van der Waals surface area contributed by atoms with Gasteiger partial charge in [0.1, 0.15) is 5.82 Å². The van der Waals surface area contributed by atoms with Gasteiger partial charge < -0.3 is 11.1 Å². The van der Waals surface area contributed by atoms with Gasteiger partial charge in [0, 0.05) is 24.0 Å². The summed E-state index contributed by atoms with van der Waals surface area (Å²) < 4.78 is 0.